The molecule has 0 aliphatic rings. The molecule has 0 saturated heterocycles. The SMILES string of the molecule is Cc1cc(C)nc(SCc2c(C(=O)Nc3ccccc3C)nnn2-c2ccc(Br)cc2)n1. The van der Waals surface area contributed by atoms with Crippen LogP contribution in [0.3, 0.4) is 0 Å². The lowest BCUT2D eigenvalue weighted by molar-refractivity contribution is 0.102. The second kappa shape index (κ2) is 9.62. The molecule has 0 aliphatic carbocycles. The lowest BCUT2D eigenvalue weighted by atomic mass is 10.2. The minimum atomic E-state index is -0.306. The fraction of sp³-hybridized carbons (Fsp3) is 0.174. The molecule has 2 aromatic carbocycles. The molecule has 9 heteroatoms. The van der Waals surface area contributed by atoms with E-state index < -0.39 is 0 Å². The number of nitrogens with zero attached hydrogens (tertiary/aromatic N) is 5. The number of aryl methyl sites for hydroxylation is 3. The van der Waals surface area contributed by atoms with Gasteiger partial charge in [0, 0.05) is 27.3 Å². The number of thioether (sulfide) groups is 1. The van der Waals surface area contributed by atoms with Gasteiger partial charge in [-0.3, -0.25) is 4.79 Å². The lowest BCUT2D eigenvalue weighted by Crippen LogP contribution is -2.16. The number of anilines is 1. The summed E-state index contributed by atoms with van der Waals surface area (Å²) < 4.78 is 2.65. The second-order valence-electron chi connectivity index (χ2n) is 7.26. The molecule has 4 rings (SSSR count). The highest BCUT2D eigenvalue weighted by Crippen LogP contribution is 2.25. The summed E-state index contributed by atoms with van der Waals surface area (Å²) in [5, 5.41) is 12.1. The molecular formula is C23H21BrN6OS. The number of nitrogens with one attached hydrogen (secondary N) is 1. The number of aromatic nitrogens is 5. The number of amides is 1. The molecule has 0 aliphatic heterocycles. The lowest BCUT2D eigenvalue weighted by Gasteiger charge is -2.10. The maximum Gasteiger partial charge on any atom is 0.278 e. The molecule has 0 bridgehead atoms. The zero-order chi connectivity index (χ0) is 22.7. The van der Waals surface area contributed by atoms with Crippen molar-refractivity contribution in [2.75, 3.05) is 5.32 Å². The van der Waals surface area contributed by atoms with Crippen LogP contribution in [-0.4, -0.2) is 30.9 Å². The van der Waals surface area contributed by atoms with Crippen LogP contribution in [0.25, 0.3) is 5.69 Å². The summed E-state index contributed by atoms with van der Waals surface area (Å²) in [4.78, 5) is 22.1. The molecule has 1 N–H and O–H groups in total. The van der Waals surface area contributed by atoms with Crippen molar-refractivity contribution in [3.05, 3.63) is 87.4 Å². The van der Waals surface area contributed by atoms with E-state index >= 15 is 0 Å². The second-order valence-corrected chi connectivity index (χ2v) is 9.12. The van der Waals surface area contributed by atoms with Crippen LogP contribution in [-0.2, 0) is 5.75 Å². The van der Waals surface area contributed by atoms with Crippen molar-refractivity contribution in [2.45, 2.75) is 31.7 Å². The van der Waals surface area contributed by atoms with Crippen molar-refractivity contribution in [2.24, 2.45) is 0 Å². The van der Waals surface area contributed by atoms with E-state index in [0.717, 1.165) is 32.8 Å². The number of hydrogen-bond donors (Lipinski definition) is 1. The molecule has 162 valence electrons. The molecule has 2 aromatic heterocycles. The Morgan fingerprint density at radius 2 is 1.72 bits per heavy atom. The highest BCUT2D eigenvalue weighted by Gasteiger charge is 2.22. The summed E-state index contributed by atoms with van der Waals surface area (Å²) in [5.41, 5.74) is 5.27. The van der Waals surface area contributed by atoms with E-state index in [9.17, 15) is 4.79 Å². The number of para-hydroxylation sites is 1. The van der Waals surface area contributed by atoms with Gasteiger partial charge in [0.15, 0.2) is 10.9 Å². The van der Waals surface area contributed by atoms with Crippen LogP contribution >= 0.6 is 27.7 Å². The van der Waals surface area contributed by atoms with Crippen molar-refractivity contribution < 1.29 is 4.79 Å². The first-order chi connectivity index (χ1) is 15.4. The zero-order valence-corrected chi connectivity index (χ0v) is 20.2. The van der Waals surface area contributed by atoms with E-state index in [2.05, 4.69) is 41.5 Å². The van der Waals surface area contributed by atoms with Gasteiger partial charge in [0.1, 0.15) is 0 Å². The van der Waals surface area contributed by atoms with Gasteiger partial charge in [0.2, 0.25) is 0 Å². The third kappa shape index (κ3) is 5.05. The average molecular weight is 509 g/mol. The first kappa shape index (κ1) is 22.2. The number of halogens is 1. The maximum absolute atomic E-state index is 13.1. The van der Waals surface area contributed by atoms with E-state index in [1.165, 1.54) is 11.8 Å². The van der Waals surface area contributed by atoms with E-state index in [0.29, 0.717) is 16.6 Å². The Morgan fingerprint density at radius 1 is 1.03 bits per heavy atom. The first-order valence-electron chi connectivity index (χ1n) is 9.93. The fourth-order valence-electron chi connectivity index (χ4n) is 3.18. The molecule has 0 fully saturated rings. The summed E-state index contributed by atoms with van der Waals surface area (Å²) in [6.45, 7) is 5.82. The molecule has 0 radical (unpaired) electrons. The van der Waals surface area contributed by atoms with Crippen LogP contribution in [0, 0.1) is 20.8 Å². The van der Waals surface area contributed by atoms with Crippen LogP contribution in [0.4, 0.5) is 5.69 Å². The summed E-state index contributed by atoms with van der Waals surface area (Å²) in [7, 11) is 0. The summed E-state index contributed by atoms with van der Waals surface area (Å²) in [6.07, 6.45) is 0. The third-order valence-electron chi connectivity index (χ3n) is 4.74. The van der Waals surface area contributed by atoms with Crippen molar-refractivity contribution in [1.29, 1.82) is 0 Å². The predicted molar refractivity (Wildman–Crippen MR) is 129 cm³/mol. The molecular weight excluding hydrogens is 488 g/mol. The normalized spacial score (nSPS) is 10.9. The van der Waals surface area contributed by atoms with Crippen LogP contribution in [0.1, 0.15) is 33.1 Å². The van der Waals surface area contributed by atoms with Crippen molar-refractivity contribution >= 4 is 39.3 Å². The third-order valence-corrected chi connectivity index (χ3v) is 6.13. The van der Waals surface area contributed by atoms with Gasteiger partial charge in [-0.2, -0.15) is 0 Å². The Labute approximate surface area is 198 Å². The fourth-order valence-corrected chi connectivity index (χ4v) is 4.39. The van der Waals surface area contributed by atoms with Crippen LogP contribution in [0.5, 0.6) is 0 Å². The Bertz CT molecular complexity index is 1250. The number of carbonyl (C=O) groups excluding carboxylic acids is 1. The molecule has 0 saturated carbocycles. The Hall–Kier alpha value is -3.04. The molecule has 0 unspecified atom stereocenters. The minimum Gasteiger partial charge on any atom is -0.320 e. The quantitative estimate of drug-likeness (QED) is 0.281. The maximum atomic E-state index is 13.1. The molecule has 7 nitrogen and oxygen atoms in total. The molecule has 0 atom stereocenters. The van der Waals surface area contributed by atoms with Gasteiger partial charge in [0.05, 0.1) is 11.4 Å². The predicted octanol–water partition coefficient (Wildman–Crippen LogP) is 5.29. The van der Waals surface area contributed by atoms with E-state index in [-0.39, 0.29) is 11.6 Å². The molecule has 4 aromatic rings. The average Bonchev–Trinajstić information content (AvgIpc) is 3.18. The van der Waals surface area contributed by atoms with E-state index in [1.54, 1.807) is 4.68 Å². The number of rotatable bonds is 6. The highest BCUT2D eigenvalue weighted by atomic mass is 79.9. The van der Waals surface area contributed by atoms with Gasteiger partial charge < -0.3 is 5.32 Å². The van der Waals surface area contributed by atoms with Crippen LogP contribution in [0.15, 0.2) is 64.2 Å². The van der Waals surface area contributed by atoms with Crippen molar-refractivity contribution in [3.8, 4) is 5.69 Å². The molecule has 1 amide bonds. The van der Waals surface area contributed by atoms with E-state index in [4.69, 9.17) is 0 Å². The van der Waals surface area contributed by atoms with E-state index in [1.807, 2.05) is 75.4 Å². The topological polar surface area (TPSA) is 85.6 Å². The Kier molecular flexibility index (Phi) is 6.66. The van der Waals surface area contributed by atoms with Gasteiger partial charge in [-0.15, -0.1) is 5.10 Å². The number of carbonyl (C=O) groups is 1. The van der Waals surface area contributed by atoms with Gasteiger partial charge in [-0.25, -0.2) is 14.6 Å². The largest absolute Gasteiger partial charge is 0.320 e. The van der Waals surface area contributed by atoms with Gasteiger partial charge >= 0.3 is 0 Å². The van der Waals surface area contributed by atoms with Crippen molar-refractivity contribution in [1.82, 2.24) is 25.0 Å². The summed E-state index contributed by atoms with van der Waals surface area (Å²) >= 11 is 4.90. The minimum absolute atomic E-state index is 0.271. The van der Waals surface area contributed by atoms with Gasteiger partial charge in [-0.05, 0) is 62.7 Å². The van der Waals surface area contributed by atoms with Crippen LogP contribution < -0.4 is 5.32 Å². The Morgan fingerprint density at radius 3 is 2.41 bits per heavy atom. The molecule has 0 spiro atoms. The summed E-state index contributed by atoms with van der Waals surface area (Å²) in [6, 6.07) is 17.2. The van der Waals surface area contributed by atoms with Gasteiger partial charge in [0.25, 0.3) is 5.91 Å². The molecule has 32 heavy (non-hydrogen) atoms. The van der Waals surface area contributed by atoms with Crippen molar-refractivity contribution in [3.63, 3.8) is 0 Å². The number of hydrogen-bond acceptors (Lipinski definition) is 6. The standard InChI is InChI=1S/C23H21BrN6OS/c1-14-6-4-5-7-19(14)27-22(31)21-20(13-32-23-25-15(2)12-16(3)26-23)30(29-28-21)18-10-8-17(24)9-11-18/h4-12H,13H2,1-3H3,(H,27,31). The zero-order valence-electron chi connectivity index (χ0n) is 17.8. The molecule has 2 heterocycles. The van der Waals surface area contributed by atoms with Gasteiger partial charge in [-0.1, -0.05) is 51.1 Å². The smallest absolute Gasteiger partial charge is 0.278 e. The Balaban J connectivity index is 1.68. The number of benzene rings is 2. The van der Waals surface area contributed by atoms with Crippen LogP contribution in [0.2, 0.25) is 0 Å². The first-order valence-corrected chi connectivity index (χ1v) is 11.7. The monoisotopic (exact) mass is 508 g/mol. The summed E-state index contributed by atoms with van der Waals surface area (Å²) in [5.74, 6) is 0.127. The highest BCUT2D eigenvalue weighted by molar-refractivity contribution is 9.10.